The molecule has 1 N–H and O–H groups in total. The van der Waals surface area contributed by atoms with Gasteiger partial charge in [0, 0.05) is 6.54 Å². The summed E-state index contributed by atoms with van der Waals surface area (Å²) < 4.78 is 18.8. The van der Waals surface area contributed by atoms with Crippen molar-refractivity contribution in [2.45, 2.75) is 89.4 Å². The molecule has 6 rings (SSSR count). The Hall–Kier alpha value is -2.57. The van der Waals surface area contributed by atoms with Crippen LogP contribution >= 0.6 is 0 Å². The van der Waals surface area contributed by atoms with Crippen LogP contribution in [0.1, 0.15) is 64.9 Å². The van der Waals surface area contributed by atoms with Gasteiger partial charge in [0.15, 0.2) is 0 Å². The fourth-order valence-electron chi connectivity index (χ4n) is 7.19. The first-order valence-corrected chi connectivity index (χ1v) is 13.7. The van der Waals surface area contributed by atoms with E-state index in [1.807, 2.05) is 36.4 Å². The topological polar surface area (TPSA) is 101 Å². The van der Waals surface area contributed by atoms with Crippen molar-refractivity contribution < 1.29 is 23.6 Å². The number of alkyl carbamates (subject to hydrolysis) is 1. The predicted molar refractivity (Wildman–Crippen MR) is 138 cm³/mol. The number of rotatable bonds is 7. The molecule has 1 aromatic carbocycles. The summed E-state index contributed by atoms with van der Waals surface area (Å²) in [5.41, 5.74) is 0.942. The molecule has 1 unspecified atom stereocenters. The molecule has 2 aliphatic heterocycles. The number of nitrogens with one attached hydrogen (secondary N) is 1. The molecule has 37 heavy (non-hydrogen) atoms. The Morgan fingerprint density at radius 2 is 2.03 bits per heavy atom. The monoisotopic (exact) mass is 507 g/mol. The van der Waals surface area contributed by atoms with E-state index in [1.165, 1.54) is 0 Å². The van der Waals surface area contributed by atoms with Crippen molar-refractivity contribution in [1.82, 2.24) is 10.2 Å². The fraction of sp³-hybridized carbons (Fsp3) is 0.679. The lowest BCUT2D eigenvalue weighted by atomic mass is 9.43. The molecule has 0 radical (unpaired) electrons. The Labute approximate surface area is 220 Å². The SMILES string of the molecule is CC1(C)[C@@H]2C[C@H]3OB(C(Cc4ccccc4)NC(=O)OC[C@H]4CCCCN4C(=O)CC#N)O[C@@]3(C)[C@H]1C2. The molecule has 0 aromatic heterocycles. The van der Waals surface area contributed by atoms with Crippen LogP contribution in [0.5, 0.6) is 0 Å². The van der Waals surface area contributed by atoms with Gasteiger partial charge >= 0.3 is 13.2 Å². The van der Waals surface area contributed by atoms with Crippen LogP contribution in [0.25, 0.3) is 0 Å². The summed E-state index contributed by atoms with van der Waals surface area (Å²) in [7, 11) is -0.568. The van der Waals surface area contributed by atoms with Gasteiger partial charge < -0.3 is 24.3 Å². The van der Waals surface area contributed by atoms with Gasteiger partial charge in [-0.2, -0.15) is 5.26 Å². The smallest absolute Gasteiger partial charge is 0.447 e. The van der Waals surface area contributed by atoms with E-state index >= 15 is 0 Å². The molecule has 2 saturated heterocycles. The Kier molecular flexibility index (Phi) is 7.25. The van der Waals surface area contributed by atoms with E-state index in [0.29, 0.717) is 24.8 Å². The predicted octanol–water partition coefficient (Wildman–Crippen LogP) is 3.89. The molecule has 6 atom stereocenters. The fourth-order valence-corrected chi connectivity index (χ4v) is 7.19. The van der Waals surface area contributed by atoms with Crippen LogP contribution in [-0.4, -0.2) is 60.9 Å². The van der Waals surface area contributed by atoms with Gasteiger partial charge in [-0.05, 0) is 68.3 Å². The van der Waals surface area contributed by atoms with Crippen LogP contribution in [0.4, 0.5) is 4.79 Å². The molecule has 8 nitrogen and oxygen atoms in total. The lowest BCUT2D eigenvalue weighted by molar-refractivity contribution is -0.199. The quantitative estimate of drug-likeness (QED) is 0.563. The summed E-state index contributed by atoms with van der Waals surface area (Å²) in [6, 6.07) is 11.7. The van der Waals surface area contributed by atoms with Gasteiger partial charge in [-0.1, -0.05) is 44.2 Å². The van der Waals surface area contributed by atoms with Crippen LogP contribution in [0.2, 0.25) is 0 Å². The van der Waals surface area contributed by atoms with Crippen molar-refractivity contribution in [2.24, 2.45) is 17.3 Å². The molecule has 2 bridgehead atoms. The van der Waals surface area contributed by atoms with Crippen LogP contribution in [0.15, 0.2) is 30.3 Å². The normalized spacial score (nSPS) is 32.5. The molecule has 3 saturated carbocycles. The third-order valence-electron chi connectivity index (χ3n) is 9.48. The third-order valence-corrected chi connectivity index (χ3v) is 9.48. The maximum atomic E-state index is 13.0. The molecule has 198 valence electrons. The highest BCUT2D eigenvalue weighted by Crippen LogP contribution is 2.65. The van der Waals surface area contributed by atoms with Crippen molar-refractivity contribution in [1.29, 1.82) is 5.26 Å². The summed E-state index contributed by atoms with van der Waals surface area (Å²) in [6.45, 7) is 7.53. The Balaban J connectivity index is 1.25. The van der Waals surface area contributed by atoms with Crippen LogP contribution in [0, 0.1) is 28.6 Å². The van der Waals surface area contributed by atoms with Crippen molar-refractivity contribution >= 4 is 19.1 Å². The zero-order chi connectivity index (χ0) is 26.2. The lowest BCUT2D eigenvalue weighted by Crippen LogP contribution is -2.65. The summed E-state index contributed by atoms with van der Waals surface area (Å²) in [5.74, 6) is 0.454. The Bertz CT molecular complexity index is 1050. The number of nitrogens with zero attached hydrogens (tertiary/aromatic N) is 2. The van der Waals surface area contributed by atoms with E-state index < -0.39 is 19.2 Å². The average Bonchev–Trinajstić information content (AvgIpc) is 3.25. The number of nitriles is 1. The molecule has 9 heteroatoms. The first-order valence-electron chi connectivity index (χ1n) is 13.7. The zero-order valence-corrected chi connectivity index (χ0v) is 22.2. The highest BCUT2D eigenvalue weighted by Gasteiger charge is 2.68. The first-order chi connectivity index (χ1) is 17.7. The number of amides is 2. The number of piperidine rings is 1. The molecule has 3 aliphatic carbocycles. The summed E-state index contributed by atoms with van der Waals surface area (Å²) >= 11 is 0. The molecular formula is C28H38BN3O5. The zero-order valence-electron chi connectivity index (χ0n) is 22.2. The third kappa shape index (κ3) is 4.98. The summed E-state index contributed by atoms with van der Waals surface area (Å²) in [5, 5.41) is 11.9. The number of carbonyl (C=O) groups is 2. The number of hydrogen-bond donors (Lipinski definition) is 1. The van der Waals surface area contributed by atoms with E-state index in [-0.39, 0.29) is 42.1 Å². The highest BCUT2D eigenvalue weighted by atomic mass is 16.7. The van der Waals surface area contributed by atoms with Gasteiger partial charge in [0.1, 0.15) is 13.0 Å². The van der Waals surface area contributed by atoms with Crippen LogP contribution in [0.3, 0.4) is 0 Å². The molecule has 1 aromatic rings. The van der Waals surface area contributed by atoms with E-state index in [4.69, 9.17) is 19.3 Å². The minimum absolute atomic E-state index is 0.0207. The second-order valence-corrected chi connectivity index (χ2v) is 11.9. The van der Waals surface area contributed by atoms with Gasteiger partial charge in [-0.25, -0.2) is 4.79 Å². The van der Waals surface area contributed by atoms with Crippen molar-refractivity contribution in [3.63, 3.8) is 0 Å². The van der Waals surface area contributed by atoms with E-state index in [2.05, 4.69) is 26.1 Å². The second kappa shape index (κ2) is 10.3. The van der Waals surface area contributed by atoms with E-state index in [0.717, 1.165) is 37.7 Å². The van der Waals surface area contributed by atoms with Crippen molar-refractivity contribution in [3.05, 3.63) is 35.9 Å². The van der Waals surface area contributed by atoms with E-state index in [9.17, 15) is 9.59 Å². The molecule has 5 fully saturated rings. The minimum atomic E-state index is -0.568. The number of carbonyl (C=O) groups excluding carboxylic acids is 2. The Morgan fingerprint density at radius 1 is 1.24 bits per heavy atom. The maximum absolute atomic E-state index is 13.0. The number of hydrogen-bond acceptors (Lipinski definition) is 6. The summed E-state index contributed by atoms with van der Waals surface area (Å²) in [6.07, 6.45) is 4.63. The van der Waals surface area contributed by atoms with Crippen LogP contribution in [-0.2, 0) is 25.3 Å². The van der Waals surface area contributed by atoms with Gasteiger partial charge in [0.25, 0.3) is 0 Å². The molecule has 2 heterocycles. The molecule has 5 aliphatic rings. The van der Waals surface area contributed by atoms with Gasteiger partial charge in [0.05, 0.1) is 29.8 Å². The maximum Gasteiger partial charge on any atom is 0.482 e. The van der Waals surface area contributed by atoms with Crippen molar-refractivity contribution in [2.75, 3.05) is 13.2 Å². The lowest BCUT2D eigenvalue weighted by Gasteiger charge is -2.64. The average molecular weight is 507 g/mol. The highest BCUT2D eigenvalue weighted by molar-refractivity contribution is 6.47. The van der Waals surface area contributed by atoms with E-state index in [1.54, 1.807) is 4.90 Å². The second-order valence-electron chi connectivity index (χ2n) is 11.9. The standard InChI is InChI=1S/C28H38BN3O5/c1-27(2)20-16-22(27)28(3)23(17-20)36-29(37-28)24(15-19-9-5-4-6-10-19)31-26(34)35-18-21-11-7-8-14-32(21)25(33)12-13-30/h4-6,9-10,20-24H,7-8,11-12,14-18H2,1-3H3,(H,31,34)/t20-,21+,22-,23+,24?,28-/m0/s1. The van der Waals surface area contributed by atoms with Crippen LogP contribution < -0.4 is 5.32 Å². The number of benzene rings is 1. The summed E-state index contributed by atoms with van der Waals surface area (Å²) in [4.78, 5) is 27.1. The van der Waals surface area contributed by atoms with Crippen molar-refractivity contribution in [3.8, 4) is 6.07 Å². The Morgan fingerprint density at radius 3 is 2.76 bits per heavy atom. The number of ether oxygens (including phenoxy) is 1. The molecule has 0 spiro atoms. The minimum Gasteiger partial charge on any atom is -0.447 e. The van der Waals surface area contributed by atoms with Gasteiger partial charge in [-0.3, -0.25) is 4.79 Å². The molecular weight excluding hydrogens is 469 g/mol. The molecule has 2 amide bonds. The largest absolute Gasteiger partial charge is 0.482 e. The number of likely N-dealkylation sites (tertiary alicyclic amines) is 1. The first kappa shape index (κ1) is 26.1. The van der Waals surface area contributed by atoms with Gasteiger partial charge in [0.2, 0.25) is 5.91 Å². The van der Waals surface area contributed by atoms with Gasteiger partial charge in [-0.15, -0.1) is 0 Å².